The third-order valence-corrected chi connectivity index (χ3v) is 3.47. The average Bonchev–Trinajstić information content (AvgIpc) is 2.58. The van der Waals surface area contributed by atoms with E-state index >= 15 is 0 Å². The molecule has 4 nitrogen and oxygen atoms in total. The van der Waals surface area contributed by atoms with Gasteiger partial charge in [-0.2, -0.15) is 0 Å². The maximum Gasteiger partial charge on any atom is 0.304 e. The standard InChI is InChI=1S/C14H19NO3/c1-18-13-4-2-3-11-5-8-15(9-6-12(11)13)10-7-14(16)17/h2-4H,5-10H2,1H3,(H,16,17). The average molecular weight is 249 g/mol. The lowest BCUT2D eigenvalue weighted by Gasteiger charge is -2.18. The van der Waals surface area contributed by atoms with E-state index in [9.17, 15) is 4.79 Å². The third-order valence-electron chi connectivity index (χ3n) is 3.47. The van der Waals surface area contributed by atoms with Gasteiger partial charge < -0.3 is 14.7 Å². The Morgan fingerprint density at radius 2 is 2.17 bits per heavy atom. The normalized spacial score (nSPS) is 15.8. The van der Waals surface area contributed by atoms with E-state index in [2.05, 4.69) is 11.0 Å². The first kappa shape index (κ1) is 12.9. The Morgan fingerprint density at radius 3 is 2.89 bits per heavy atom. The molecule has 0 radical (unpaired) electrons. The Hall–Kier alpha value is -1.55. The van der Waals surface area contributed by atoms with E-state index < -0.39 is 5.97 Å². The summed E-state index contributed by atoms with van der Waals surface area (Å²) < 4.78 is 5.39. The predicted molar refractivity (Wildman–Crippen MR) is 69.1 cm³/mol. The second-order valence-electron chi connectivity index (χ2n) is 4.58. The molecule has 0 unspecified atom stereocenters. The van der Waals surface area contributed by atoms with Crippen molar-refractivity contribution in [1.82, 2.24) is 4.90 Å². The molecule has 0 bridgehead atoms. The van der Waals surface area contributed by atoms with E-state index in [-0.39, 0.29) is 6.42 Å². The molecule has 1 N–H and O–H groups in total. The van der Waals surface area contributed by atoms with Crippen LogP contribution in [-0.4, -0.2) is 42.7 Å². The van der Waals surface area contributed by atoms with Crippen molar-refractivity contribution < 1.29 is 14.6 Å². The van der Waals surface area contributed by atoms with E-state index in [1.807, 2.05) is 12.1 Å². The highest BCUT2D eigenvalue weighted by atomic mass is 16.5. The molecular weight excluding hydrogens is 230 g/mol. The number of carboxylic acids is 1. The minimum absolute atomic E-state index is 0.216. The van der Waals surface area contributed by atoms with Gasteiger partial charge in [0.05, 0.1) is 13.5 Å². The van der Waals surface area contributed by atoms with Crippen LogP contribution in [-0.2, 0) is 17.6 Å². The number of benzene rings is 1. The number of rotatable bonds is 4. The first-order chi connectivity index (χ1) is 8.70. The summed E-state index contributed by atoms with van der Waals surface area (Å²) >= 11 is 0. The predicted octanol–water partition coefficient (Wildman–Crippen LogP) is 1.57. The molecule has 1 aromatic rings. The molecular formula is C14H19NO3. The second-order valence-corrected chi connectivity index (χ2v) is 4.58. The van der Waals surface area contributed by atoms with Crippen LogP contribution in [0.5, 0.6) is 5.75 Å². The summed E-state index contributed by atoms with van der Waals surface area (Å²) in [6, 6.07) is 6.15. The van der Waals surface area contributed by atoms with Crippen molar-refractivity contribution >= 4 is 5.97 Å². The van der Waals surface area contributed by atoms with Crippen LogP contribution < -0.4 is 4.74 Å². The van der Waals surface area contributed by atoms with E-state index in [0.717, 1.165) is 31.7 Å². The van der Waals surface area contributed by atoms with Gasteiger partial charge >= 0.3 is 5.97 Å². The monoisotopic (exact) mass is 249 g/mol. The molecule has 98 valence electrons. The van der Waals surface area contributed by atoms with Crippen molar-refractivity contribution in [2.75, 3.05) is 26.7 Å². The maximum absolute atomic E-state index is 10.6. The number of carboxylic acid groups (broad SMARTS) is 1. The van der Waals surface area contributed by atoms with Gasteiger partial charge in [0.2, 0.25) is 0 Å². The Bertz CT molecular complexity index is 431. The fraction of sp³-hybridized carbons (Fsp3) is 0.500. The van der Waals surface area contributed by atoms with Gasteiger partial charge in [-0.15, -0.1) is 0 Å². The number of carbonyl (C=O) groups is 1. The Morgan fingerprint density at radius 1 is 1.39 bits per heavy atom. The zero-order valence-electron chi connectivity index (χ0n) is 10.7. The van der Waals surface area contributed by atoms with E-state index in [1.165, 1.54) is 11.1 Å². The quantitative estimate of drug-likeness (QED) is 0.880. The molecule has 0 spiro atoms. The highest BCUT2D eigenvalue weighted by Crippen LogP contribution is 2.25. The molecule has 0 saturated heterocycles. The first-order valence-electron chi connectivity index (χ1n) is 6.29. The first-order valence-corrected chi connectivity index (χ1v) is 6.29. The molecule has 0 amide bonds. The molecule has 1 aliphatic heterocycles. The van der Waals surface area contributed by atoms with E-state index in [4.69, 9.17) is 9.84 Å². The van der Waals surface area contributed by atoms with Crippen molar-refractivity contribution in [3.8, 4) is 5.75 Å². The van der Waals surface area contributed by atoms with Crippen molar-refractivity contribution in [2.45, 2.75) is 19.3 Å². The molecule has 0 fully saturated rings. The van der Waals surface area contributed by atoms with Gasteiger partial charge in [-0.25, -0.2) is 0 Å². The van der Waals surface area contributed by atoms with Crippen LogP contribution in [0.4, 0.5) is 0 Å². The van der Waals surface area contributed by atoms with Gasteiger partial charge in [0.25, 0.3) is 0 Å². The fourth-order valence-corrected chi connectivity index (χ4v) is 2.46. The second kappa shape index (κ2) is 5.87. The molecule has 0 saturated carbocycles. The Labute approximate surface area is 107 Å². The molecule has 2 rings (SSSR count). The van der Waals surface area contributed by atoms with Gasteiger partial charge in [-0.1, -0.05) is 12.1 Å². The van der Waals surface area contributed by atoms with Gasteiger partial charge in [0.15, 0.2) is 0 Å². The topological polar surface area (TPSA) is 49.8 Å². The lowest BCUT2D eigenvalue weighted by Crippen LogP contribution is -2.28. The minimum Gasteiger partial charge on any atom is -0.496 e. The van der Waals surface area contributed by atoms with Gasteiger partial charge in [-0.05, 0) is 30.0 Å². The highest BCUT2D eigenvalue weighted by molar-refractivity contribution is 5.66. The van der Waals surface area contributed by atoms with Gasteiger partial charge in [0.1, 0.15) is 5.75 Å². The van der Waals surface area contributed by atoms with E-state index in [0.29, 0.717) is 6.54 Å². The van der Waals surface area contributed by atoms with Crippen molar-refractivity contribution in [1.29, 1.82) is 0 Å². The van der Waals surface area contributed by atoms with Crippen LogP contribution in [0.2, 0.25) is 0 Å². The molecule has 1 aliphatic rings. The zero-order valence-corrected chi connectivity index (χ0v) is 10.7. The van der Waals surface area contributed by atoms with Gasteiger partial charge in [-0.3, -0.25) is 4.79 Å². The SMILES string of the molecule is COc1cccc2c1CCN(CCC(=O)O)CC2. The maximum atomic E-state index is 10.6. The van der Waals surface area contributed by atoms with Crippen LogP contribution in [0.1, 0.15) is 17.5 Å². The molecule has 0 aromatic heterocycles. The van der Waals surface area contributed by atoms with Crippen molar-refractivity contribution in [3.63, 3.8) is 0 Å². The van der Waals surface area contributed by atoms with Crippen molar-refractivity contribution in [2.24, 2.45) is 0 Å². The number of ether oxygens (including phenoxy) is 1. The largest absolute Gasteiger partial charge is 0.496 e. The Kier molecular flexibility index (Phi) is 4.20. The molecule has 0 atom stereocenters. The summed E-state index contributed by atoms with van der Waals surface area (Å²) in [5.74, 6) is 0.224. The third kappa shape index (κ3) is 3.01. The molecule has 0 aliphatic carbocycles. The highest BCUT2D eigenvalue weighted by Gasteiger charge is 2.17. The zero-order chi connectivity index (χ0) is 13.0. The number of hydrogen-bond acceptors (Lipinski definition) is 3. The summed E-state index contributed by atoms with van der Waals surface area (Å²) in [6.07, 6.45) is 2.11. The van der Waals surface area contributed by atoms with Crippen molar-refractivity contribution in [3.05, 3.63) is 29.3 Å². The van der Waals surface area contributed by atoms with Crippen LogP contribution in [0.15, 0.2) is 18.2 Å². The summed E-state index contributed by atoms with van der Waals surface area (Å²) in [6.45, 7) is 2.46. The number of aliphatic carboxylic acids is 1. The van der Waals surface area contributed by atoms with Crippen LogP contribution in [0.25, 0.3) is 0 Å². The summed E-state index contributed by atoms with van der Waals surface area (Å²) in [4.78, 5) is 12.8. The summed E-state index contributed by atoms with van der Waals surface area (Å²) in [5, 5.41) is 8.72. The minimum atomic E-state index is -0.727. The molecule has 18 heavy (non-hydrogen) atoms. The molecule has 1 heterocycles. The fourth-order valence-electron chi connectivity index (χ4n) is 2.46. The summed E-state index contributed by atoms with van der Waals surface area (Å²) in [5.41, 5.74) is 2.60. The smallest absolute Gasteiger partial charge is 0.304 e. The number of nitrogens with zero attached hydrogens (tertiary/aromatic N) is 1. The number of fused-ring (bicyclic) bond motifs is 1. The number of methoxy groups -OCH3 is 1. The van der Waals surface area contributed by atoms with Crippen LogP contribution >= 0.6 is 0 Å². The van der Waals surface area contributed by atoms with Gasteiger partial charge in [0, 0.05) is 19.6 Å². The Balaban J connectivity index is 2.04. The lowest BCUT2D eigenvalue weighted by atomic mass is 10.0. The number of hydrogen-bond donors (Lipinski definition) is 1. The molecule has 4 heteroatoms. The summed E-state index contributed by atoms with van der Waals surface area (Å²) in [7, 11) is 1.70. The molecule has 1 aromatic carbocycles. The van der Waals surface area contributed by atoms with E-state index in [1.54, 1.807) is 7.11 Å². The lowest BCUT2D eigenvalue weighted by molar-refractivity contribution is -0.137. The van der Waals surface area contributed by atoms with Crippen LogP contribution in [0.3, 0.4) is 0 Å². The van der Waals surface area contributed by atoms with Crippen LogP contribution in [0, 0.1) is 0 Å².